The lowest BCUT2D eigenvalue weighted by atomic mass is 9.98. The van der Waals surface area contributed by atoms with E-state index in [1.807, 2.05) is 37.2 Å². The van der Waals surface area contributed by atoms with Crippen LogP contribution in [0, 0.1) is 6.92 Å². The van der Waals surface area contributed by atoms with Crippen molar-refractivity contribution in [3.8, 4) is 0 Å². The zero-order chi connectivity index (χ0) is 18.5. The SMILES string of the molecule is Cc1ccc([C@H](NCc2nc(N)nc(N(C)C)n2)c2ccccc2)cc1. The van der Waals surface area contributed by atoms with Gasteiger partial charge in [-0.25, -0.2) is 0 Å². The second-order valence-corrected chi connectivity index (χ2v) is 6.44. The summed E-state index contributed by atoms with van der Waals surface area (Å²) in [6.45, 7) is 2.58. The Morgan fingerprint density at radius 1 is 0.923 bits per heavy atom. The number of aromatic nitrogens is 3. The number of hydrogen-bond acceptors (Lipinski definition) is 6. The molecule has 0 aliphatic rings. The molecule has 0 spiro atoms. The molecule has 6 heteroatoms. The molecule has 134 valence electrons. The summed E-state index contributed by atoms with van der Waals surface area (Å²) in [5.74, 6) is 1.40. The highest BCUT2D eigenvalue weighted by Gasteiger charge is 2.15. The van der Waals surface area contributed by atoms with Crippen molar-refractivity contribution >= 4 is 11.9 Å². The minimum absolute atomic E-state index is 0.0394. The van der Waals surface area contributed by atoms with E-state index in [0.29, 0.717) is 18.3 Å². The highest BCUT2D eigenvalue weighted by Crippen LogP contribution is 2.23. The number of hydrogen-bond donors (Lipinski definition) is 2. The highest BCUT2D eigenvalue weighted by molar-refractivity contribution is 5.34. The third-order valence-electron chi connectivity index (χ3n) is 4.10. The van der Waals surface area contributed by atoms with Crippen molar-refractivity contribution in [1.29, 1.82) is 0 Å². The molecular weight excluding hydrogens is 324 g/mol. The number of aryl methyl sites for hydroxylation is 1. The minimum atomic E-state index is 0.0394. The fourth-order valence-corrected chi connectivity index (χ4v) is 2.73. The molecule has 3 aromatic rings. The second-order valence-electron chi connectivity index (χ2n) is 6.44. The van der Waals surface area contributed by atoms with E-state index in [1.165, 1.54) is 16.7 Å². The Hall–Kier alpha value is -2.99. The van der Waals surface area contributed by atoms with Crippen LogP contribution in [-0.4, -0.2) is 29.0 Å². The Morgan fingerprint density at radius 3 is 2.23 bits per heavy atom. The summed E-state index contributed by atoms with van der Waals surface area (Å²) in [4.78, 5) is 14.7. The number of nitrogens with zero attached hydrogens (tertiary/aromatic N) is 4. The predicted octanol–water partition coefficient (Wildman–Crippen LogP) is 2.71. The maximum Gasteiger partial charge on any atom is 0.229 e. The normalized spacial score (nSPS) is 12.0. The van der Waals surface area contributed by atoms with E-state index in [-0.39, 0.29) is 12.0 Å². The van der Waals surface area contributed by atoms with E-state index in [2.05, 4.69) is 63.6 Å². The number of nitrogens with one attached hydrogen (secondary N) is 1. The van der Waals surface area contributed by atoms with Crippen molar-refractivity contribution in [2.24, 2.45) is 0 Å². The van der Waals surface area contributed by atoms with Crippen LogP contribution in [0.3, 0.4) is 0 Å². The van der Waals surface area contributed by atoms with Gasteiger partial charge in [0, 0.05) is 14.1 Å². The largest absolute Gasteiger partial charge is 0.368 e. The Balaban J connectivity index is 1.86. The molecule has 0 amide bonds. The molecule has 0 fully saturated rings. The van der Waals surface area contributed by atoms with E-state index in [1.54, 1.807) is 0 Å². The molecule has 3 N–H and O–H groups in total. The summed E-state index contributed by atoms with van der Waals surface area (Å²) >= 11 is 0. The third kappa shape index (κ3) is 4.34. The summed E-state index contributed by atoms with van der Waals surface area (Å²) in [7, 11) is 3.76. The first kappa shape index (κ1) is 17.8. The average Bonchev–Trinajstić information content (AvgIpc) is 2.64. The van der Waals surface area contributed by atoms with E-state index < -0.39 is 0 Å². The molecule has 1 atom stereocenters. The average molecular weight is 348 g/mol. The van der Waals surface area contributed by atoms with Gasteiger partial charge < -0.3 is 10.6 Å². The van der Waals surface area contributed by atoms with Crippen molar-refractivity contribution in [2.45, 2.75) is 19.5 Å². The Morgan fingerprint density at radius 2 is 1.58 bits per heavy atom. The van der Waals surface area contributed by atoms with Gasteiger partial charge in [0.15, 0.2) is 0 Å². The molecule has 2 aromatic carbocycles. The zero-order valence-electron chi connectivity index (χ0n) is 15.3. The van der Waals surface area contributed by atoms with E-state index in [9.17, 15) is 0 Å². The van der Waals surface area contributed by atoms with Crippen LogP contribution < -0.4 is 16.0 Å². The summed E-state index contributed by atoms with van der Waals surface area (Å²) in [5, 5.41) is 3.55. The van der Waals surface area contributed by atoms with E-state index in [4.69, 9.17) is 5.73 Å². The van der Waals surface area contributed by atoms with Gasteiger partial charge in [0.25, 0.3) is 0 Å². The summed E-state index contributed by atoms with van der Waals surface area (Å²) < 4.78 is 0. The Bertz CT molecular complexity index is 846. The van der Waals surface area contributed by atoms with Crippen LogP contribution in [0.25, 0.3) is 0 Å². The quantitative estimate of drug-likeness (QED) is 0.713. The van der Waals surface area contributed by atoms with Gasteiger partial charge in [0.05, 0.1) is 12.6 Å². The van der Waals surface area contributed by atoms with E-state index >= 15 is 0 Å². The number of anilines is 2. The molecule has 1 heterocycles. The maximum atomic E-state index is 5.83. The van der Waals surface area contributed by atoms with Crippen LogP contribution in [0.2, 0.25) is 0 Å². The molecule has 1 aromatic heterocycles. The van der Waals surface area contributed by atoms with Crippen LogP contribution in [-0.2, 0) is 6.54 Å². The molecule has 0 saturated heterocycles. The molecule has 6 nitrogen and oxygen atoms in total. The van der Waals surface area contributed by atoms with Gasteiger partial charge in [-0.05, 0) is 18.1 Å². The van der Waals surface area contributed by atoms with Crippen molar-refractivity contribution in [3.05, 3.63) is 77.1 Å². The van der Waals surface area contributed by atoms with Crippen LogP contribution in [0.15, 0.2) is 54.6 Å². The number of nitrogen functional groups attached to an aromatic ring is 1. The van der Waals surface area contributed by atoms with Gasteiger partial charge in [-0.1, -0.05) is 60.2 Å². The highest BCUT2D eigenvalue weighted by atomic mass is 15.3. The van der Waals surface area contributed by atoms with Gasteiger partial charge in [0.2, 0.25) is 11.9 Å². The van der Waals surface area contributed by atoms with Crippen molar-refractivity contribution in [1.82, 2.24) is 20.3 Å². The van der Waals surface area contributed by atoms with Crippen LogP contribution in [0.5, 0.6) is 0 Å². The van der Waals surface area contributed by atoms with E-state index in [0.717, 1.165) is 0 Å². The smallest absolute Gasteiger partial charge is 0.229 e. The summed E-state index contributed by atoms with van der Waals surface area (Å²) in [6, 6.07) is 18.9. The molecular formula is C20H24N6. The van der Waals surface area contributed by atoms with Gasteiger partial charge in [-0.3, -0.25) is 5.32 Å². The molecule has 0 radical (unpaired) electrons. The first-order valence-electron chi connectivity index (χ1n) is 8.55. The molecule has 0 aliphatic carbocycles. The lowest BCUT2D eigenvalue weighted by molar-refractivity contribution is 0.585. The third-order valence-corrected chi connectivity index (χ3v) is 4.10. The van der Waals surface area contributed by atoms with Gasteiger partial charge in [0.1, 0.15) is 5.82 Å². The molecule has 26 heavy (non-hydrogen) atoms. The zero-order valence-corrected chi connectivity index (χ0v) is 15.3. The number of rotatable bonds is 6. The van der Waals surface area contributed by atoms with Crippen LogP contribution in [0.4, 0.5) is 11.9 Å². The van der Waals surface area contributed by atoms with Gasteiger partial charge >= 0.3 is 0 Å². The lowest BCUT2D eigenvalue weighted by Gasteiger charge is -2.20. The Labute approximate surface area is 154 Å². The first-order chi connectivity index (χ1) is 12.5. The van der Waals surface area contributed by atoms with Crippen molar-refractivity contribution in [3.63, 3.8) is 0 Å². The second kappa shape index (κ2) is 7.93. The summed E-state index contributed by atoms with van der Waals surface area (Å²) in [5.41, 5.74) is 9.44. The van der Waals surface area contributed by atoms with Crippen LogP contribution in [0.1, 0.15) is 28.6 Å². The number of benzene rings is 2. The fourth-order valence-electron chi connectivity index (χ4n) is 2.73. The van der Waals surface area contributed by atoms with Crippen molar-refractivity contribution in [2.75, 3.05) is 24.7 Å². The standard InChI is InChI=1S/C20H24N6/c1-14-9-11-16(12-10-14)18(15-7-5-4-6-8-15)22-13-17-23-19(21)25-20(24-17)26(2)3/h4-12,18,22H,13H2,1-3H3,(H2,21,23,24,25)/t18-/m1/s1. The van der Waals surface area contributed by atoms with Gasteiger partial charge in [-0.2, -0.15) is 15.0 Å². The molecule has 0 aliphatic heterocycles. The predicted molar refractivity (Wildman–Crippen MR) is 105 cm³/mol. The minimum Gasteiger partial charge on any atom is -0.368 e. The molecule has 0 unspecified atom stereocenters. The fraction of sp³-hybridized carbons (Fsp3) is 0.250. The number of nitrogens with two attached hydrogens (primary N) is 1. The molecule has 0 bridgehead atoms. The van der Waals surface area contributed by atoms with Crippen LogP contribution >= 0.6 is 0 Å². The first-order valence-corrected chi connectivity index (χ1v) is 8.55. The van der Waals surface area contributed by atoms with Crippen molar-refractivity contribution < 1.29 is 0 Å². The Kier molecular flexibility index (Phi) is 5.43. The van der Waals surface area contributed by atoms with Gasteiger partial charge in [-0.15, -0.1) is 0 Å². The monoisotopic (exact) mass is 348 g/mol. The summed E-state index contributed by atoms with van der Waals surface area (Å²) in [6.07, 6.45) is 0. The molecule has 0 saturated carbocycles. The topological polar surface area (TPSA) is 80.0 Å². The maximum absolute atomic E-state index is 5.83. The molecule has 3 rings (SSSR count). The lowest BCUT2D eigenvalue weighted by Crippen LogP contribution is -2.24.